The SMILES string of the molecule is CCOC=O.CSc1cc(N)c(C=N)cc1Nc1ncnc2sc3c(c12)CCCC3. The van der Waals surface area contributed by atoms with E-state index in [9.17, 15) is 4.79 Å². The fourth-order valence-electron chi connectivity index (χ4n) is 3.38. The first-order valence-electron chi connectivity index (χ1n) is 9.68. The van der Waals surface area contributed by atoms with Crippen LogP contribution < -0.4 is 11.1 Å². The van der Waals surface area contributed by atoms with Gasteiger partial charge in [0.05, 0.1) is 17.7 Å². The summed E-state index contributed by atoms with van der Waals surface area (Å²) in [5.74, 6) is 0.848. The van der Waals surface area contributed by atoms with Crippen molar-refractivity contribution in [2.24, 2.45) is 0 Å². The Labute approximate surface area is 184 Å². The number of nitrogens with two attached hydrogens (primary N) is 1. The average molecular weight is 444 g/mol. The van der Waals surface area contributed by atoms with Gasteiger partial charge in [-0.3, -0.25) is 4.79 Å². The van der Waals surface area contributed by atoms with Crippen LogP contribution >= 0.6 is 23.1 Å². The van der Waals surface area contributed by atoms with Crippen LogP contribution in [0.5, 0.6) is 0 Å². The lowest BCUT2D eigenvalue weighted by Gasteiger charge is -2.15. The van der Waals surface area contributed by atoms with Crippen LogP contribution in [0.4, 0.5) is 17.2 Å². The molecule has 0 atom stereocenters. The fourth-order valence-corrected chi connectivity index (χ4v) is 5.19. The van der Waals surface area contributed by atoms with Gasteiger partial charge in [-0.05, 0) is 56.6 Å². The third kappa shape index (κ3) is 4.73. The maximum atomic E-state index is 9.18. The molecule has 30 heavy (non-hydrogen) atoms. The largest absolute Gasteiger partial charge is 0.468 e. The normalized spacial score (nSPS) is 12.5. The number of nitrogens with zero attached hydrogens (tertiary/aromatic N) is 2. The number of anilines is 3. The molecule has 0 fully saturated rings. The number of benzene rings is 1. The molecule has 158 valence electrons. The molecular weight excluding hydrogens is 418 g/mol. The molecule has 2 aromatic heterocycles. The lowest BCUT2D eigenvalue weighted by Crippen LogP contribution is -2.03. The minimum absolute atomic E-state index is 0.431. The lowest BCUT2D eigenvalue weighted by molar-refractivity contribution is -0.128. The van der Waals surface area contributed by atoms with Gasteiger partial charge in [-0.1, -0.05) is 0 Å². The van der Waals surface area contributed by atoms with E-state index >= 15 is 0 Å². The predicted octanol–water partition coefficient (Wildman–Crippen LogP) is 4.79. The number of carbonyl (C=O) groups excluding carboxylic acids is 1. The highest BCUT2D eigenvalue weighted by Crippen LogP contribution is 2.40. The zero-order valence-electron chi connectivity index (χ0n) is 17.0. The zero-order chi connectivity index (χ0) is 21.5. The summed E-state index contributed by atoms with van der Waals surface area (Å²) in [4.78, 5) is 21.7. The Morgan fingerprint density at radius 1 is 1.33 bits per heavy atom. The highest BCUT2D eigenvalue weighted by molar-refractivity contribution is 7.98. The van der Waals surface area contributed by atoms with Crippen LogP contribution in [0.15, 0.2) is 23.4 Å². The maximum Gasteiger partial charge on any atom is 0.293 e. The average Bonchev–Trinajstić information content (AvgIpc) is 3.15. The van der Waals surface area contributed by atoms with Crippen molar-refractivity contribution in [2.75, 3.05) is 23.9 Å². The molecule has 0 radical (unpaired) electrons. The molecule has 0 unspecified atom stereocenters. The van der Waals surface area contributed by atoms with Crippen LogP contribution in [0.1, 0.15) is 35.8 Å². The van der Waals surface area contributed by atoms with E-state index in [1.807, 2.05) is 18.4 Å². The van der Waals surface area contributed by atoms with Crippen molar-refractivity contribution < 1.29 is 9.53 Å². The first kappa shape index (κ1) is 22.0. The van der Waals surface area contributed by atoms with Crippen molar-refractivity contribution in [3.8, 4) is 0 Å². The molecule has 4 N–H and O–H groups in total. The molecule has 0 amide bonds. The summed E-state index contributed by atoms with van der Waals surface area (Å²) in [6.07, 6.45) is 9.65. The summed E-state index contributed by atoms with van der Waals surface area (Å²) < 4.78 is 4.15. The van der Waals surface area contributed by atoms with Crippen LogP contribution in [-0.4, -0.2) is 35.5 Å². The van der Waals surface area contributed by atoms with Gasteiger partial charge in [-0.15, -0.1) is 23.1 Å². The molecule has 1 aliphatic carbocycles. The molecule has 0 saturated carbocycles. The van der Waals surface area contributed by atoms with Crippen molar-refractivity contribution in [1.29, 1.82) is 5.41 Å². The zero-order valence-corrected chi connectivity index (χ0v) is 18.7. The van der Waals surface area contributed by atoms with Gasteiger partial charge >= 0.3 is 0 Å². The summed E-state index contributed by atoms with van der Waals surface area (Å²) in [7, 11) is 0. The molecule has 0 bridgehead atoms. The van der Waals surface area contributed by atoms with Crippen molar-refractivity contribution in [2.45, 2.75) is 37.5 Å². The minimum Gasteiger partial charge on any atom is -0.468 e. The second kappa shape index (κ2) is 10.4. The van der Waals surface area contributed by atoms with Gasteiger partial charge in [0.25, 0.3) is 6.47 Å². The molecule has 7 nitrogen and oxygen atoms in total. The minimum atomic E-state index is 0.431. The first-order chi connectivity index (χ1) is 14.6. The molecule has 4 rings (SSSR count). The third-order valence-electron chi connectivity index (χ3n) is 4.80. The van der Waals surface area contributed by atoms with E-state index in [0.717, 1.165) is 39.5 Å². The number of thiophene rings is 1. The number of rotatable bonds is 6. The number of hydrogen-bond acceptors (Lipinski definition) is 9. The number of thioether (sulfide) groups is 1. The molecule has 3 aromatic rings. The predicted molar refractivity (Wildman–Crippen MR) is 126 cm³/mol. The number of nitrogen functional groups attached to an aromatic ring is 1. The molecule has 2 heterocycles. The van der Waals surface area contributed by atoms with E-state index in [2.05, 4.69) is 20.0 Å². The summed E-state index contributed by atoms with van der Waals surface area (Å²) in [5.41, 5.74) is 9.67. The Morgan fingerprint density at radius 2 is 2.13 bits per heavy atom. The van der Waals surface area contributed by atoms with Gasteiger partial charge in [0.2, 0.25) is 0 Å². The smallest absolute Gasteiger partial charge is 0.293 e. The number of ether oxygens (including phenoxy) is 1. The Bertz CT molecular complexity index is 1050. The quantitative estimate of drug-likeness (QED) is 0.217. The second-order valence-corrected chi connectivity index (χ2v) is 8.55. The number of carbonyl (C=O) groups is 1. The second-order valence-electron chi connectivity index (χ2n) is 6.62. The molecule has 0 spiro atoms. The van der Waals surface area contributed by atoms with Crippen LogP contribution in [0.3, 0.4) is 0 Å². The van der Waals surface area contributed by atoms with Gasteiger partial charge in [0, 0.05) is 27.2 Å². The number of aromatic nitrogens is 2. The fraction of sp³-hybridized carbons (Fsp3) is 0.333. The topological polar surface area (TPSA) is 114 Å². The number of hydrogen-bond donors (Lipinski definition) is 3. The summed E-state index contributed by atoms with van der Waals surface area (Å²) >= 11 is 3.42. The number of fused-ring (bicyclic) bond motifs is 3. The molecule has 1 aliphatic rings. The van der Waals surface area contributed by atoms with Gasteiger partial charge in [-0.2, -0.15) is 0 Å². The Kier molecular flexibility index (Phi) is 7.64. The highest BCUT2D eigenvalue weighted by atomic mass is 32.2. The van der Waals surface area contributed by atoms with Crippen LogP contribution in [0.2, 0.25) is 0 Å². The van der Waals surface area contributed by atoms with E-state index in [1.54, 1.807) is 36.3 Å². The van der Waals surface area contributed by atoms with Crippen LogP contribution in [-0.2, 0) is 22.4 Å². The van der Waals surface area contributed by atoms with E-state index < -0.39 is 0 Å². The van der Waals surface area contributed by atoms with Crippen molar-refractivity contribution in [3.05, 3.63) is 34.5 Å². The van der Waals surface area contributed by atoms with E-state index in [-0.39, 0.29) is 0 Å². The lowest BCUT2D eigenvalue weighted by atomic mass is 9.97. The first-order valence-corrected chi connectivity index (χ1v) is 11.7. The van der Waals surface area contributed by atoms with E-state index in [1.165, 1.54) is 29.5 Å². The van der Waals surface area contributed by atoms with Gasteiger partial charge < -0.3 is 21.2 Å². The van der Waals surface area contributed by atoms with Gasteiger partial charge in [-0.25, -0.2) is 9.97 Å². The van der Waals surface area contributed by atoms with E-state index in [0.29, 0.717) is 24.3 Å². The highest BCUT2D eigenvalue weighted by Gasteiger charge is 2.20. The molecule has 0 aliphatic heterocycles. The van der Waals surface area contributed by atoms with Gasteiger partial charge in [0.1, 0.15) is 17.0 Å². The van der Waals surface area contributed by atoms with Crippen LogP contribution in [0.25, 0.3) is 10.2 Å². The Hall–Kier alpha value is -2.65. The summed E-state index contributed by atoms with van der Waals surface area (Å²) in [6.45, 7) is 2.66. The molecule has 1 aromatic carbocycles. The summed E-state index contributed by atoms with van der Waals surface area (Å²) in [6, 6.07) is 3.83. The van der Waals surface area contributed by atoms with Crippen molar-refractivity contribution in [3.63, 3.8) is 0 Å². The molecule has 9 heteroatoms. The summed E-state index contributed by atoms with van der Waals surface area (Å²) in [5, 5.41) is 12.2. The van der Waals surface area contributed by atoms with Crippen LogP contribution in [0, 0.1) is 5.41 Å². The van der Waals surface area contributed by atoms with Gasteiger partial charge in [0.15, 0.2) is 0 Å². The molecular formula is C21H25N5O2S2. The third-order valence-corrected chi connectivity index (χ3v) is 6.78. The number of nitrogens with one attached hydrogen (secondary N) is 2. The van der Waals surface area contributed by atoms with E-state index in [4.69, 9.17) is 11.1 Å². The Morgan fingerprint density at radius 3 is 2.80 bits per heavy atom. The molecule has 0 saturated heterocycles. The standard InChI is InChI=1S/C18H19N5S2.C3H6O2/c1-24-15-7-12(20)10(8-19)6-13(15)23-17-16-11-4-2-3-5-14(11)25-18(16)22-9-21-17;1-2-5-3-4/h6-9,19H,2-5,20H2,1H3,(H,21,22,23);3H,2H2,1H3. The monoisotopic (exact) mass is 443 g/mol. The van der Waals surface area contributed by atoms with Crippen molar-refractivity contribution >= 4 is 63.2 Å². The Balaban J connectivity index is 0.000000461. The maximum absolute atomic E-state index is 9.18. The number of aryl methyl sites for hydroxylation is 2. The van der Waals surface area contributed by atoms with Crippen molar-refractivity contribution in [1.82, 2.24) is 9.97 Å².